The summed E-state index contributed by atoms with van der Waals surface area (Å²) in [5.41, 5.74) is 6.56. The van der Waals surface area contributed by atoms with Crippen molar-refractivity contribution in [2.75, 3.05) is 13.1 Å². The van der Waals surface area contributed by atoms with Crippen LogP contribution in [0.25, 0.3) is 5.65 Å². The van der Waals surface area contributed by atoms with Crippen LogP contribution in [-0.4, -0.2) is 39.2 Å². The van der Waals surface area contributed by atoms with E-state index in [2.05, 4.69) is 4.98 Å². The SMILES string of the molecule is NC(=O)C1CCN(C(=O)c2cccn3ccnc23)CC1. The number of primary amides is 1. The molecule has 2 N–H and O–H groups in total. The van der Waals surface area contributed by atoms with Gasteiger partial charge in [0.1, 0.15) is 5.65 Å². The maximum absolute atomic E-state index is 12.5. The van der Waals surface area contributed by atoms with E-state index in [4.69, 9.17) is 5.73 Å². The Morgan fingerprint density at radius 2 is 2.00 bits per heavy atom. The van der Waals surface area contributed by atoms with Crippen LogP contribution in [0.4, 0.5) is 0 Å². The summed E-state index contributed by atoms with van der Waals surface area (Å²) in [5, 5.41) is 0. The first-order valence-electron chi connectivity index (χ1n) is 6.67. The molecule has 1 saturated heterocycles. The van der Waals surface area contributed by atoms with E-state index in [9.17, 15) is 9.59 Å². The van der Waals surface area contributed by atoms with Crippen molar-refractivity contribution < 1.29 is 9.59 Å². The first-order chi connectivity index (χ1) is 9.66. The zero-order valence-electron chi connectivity index (χ0n) is 11.0. The quantitative estimate of drug-likeness (QED) is 0.872. The number of imidazole rings is 1. The van der Waals surface area contributed by atoms with E-state index in [-0.39, 0.29) is 17.7 Å². The van der Waals surface area contributed by atoms with Crippen molar-refractivity contribution in [1.29, 1.82) is 0 Å². The van der Waals surface area contributed by atoms with Gasteiger partial charge in [0.15, 0.2) is 0 Å². The van der Waals surface area contributed by atoms with E-state index < -0.39 is 0 Å². The molecule has 1 aliphatic heterocycles. The molecule has 20 heavy (non-hydrogen) atoms. The molecule has 1 aliphatic rings. The molecule has 0 atom stereocenters. The Labute approximate surface area is 116 Å². The van der Waals surface area contributed by atoms with Crippen LogP contribution in [0.15, 0.2) is 30.7 Å². The van der Waals surface area contributed by atoms with Crippen molar-refractivity contribution in [3.63, 3.8) is 0 Å². The van der Waals surface area contributed by atoms with Crippen LogP contribution < -0.4 is 5.73 Å². The minimum Gasteiger partial charge on any atom is -0.369 e. The summed E-state index contributed by atoms with van der Waals surface area (Å²) in [4.78, 5) is 29.7. The van der Waals surface area contributed by atoms with Crippen LogP contribution in [-0.2, 0) is 4.79 Å². The topological polar surface area (TPSA) is 80.7 Å². The maximum Gasteiger partial charge on any atom is 0.257 e. The third kappa shape index (κ3) is 2.13. The molecule has 0 aliphatic carbocycles. The Bertz CT molecular complexity index is 656. The Morgan fingerprint density at radius 3 is 2.70 bits per heavy atom. The number of nitrogens with zero attached hydrogens (tertiary/aromatic N) is 3. The highest BCUT2D eigenvalue weighted by Crippen LogP contribution is 2.20. The van der Waals surface area contributed by atoms with Gasteiger partial charge in [0.2, 0.25) is 5.91 Å². The second-order valence-corrected chi connectivity index (χ2v) is 5.05. The normalized spacial score (nSPS) is 16.5. The number of rotatable bonds is 2. The van der Waals surface area contributed by atoms with Crippen molar-refractivity contribution >= 4 is 17.5 Å². The lowest BCUT2D eigenvalue weighted by molar-refractivity contribution is -0.123. The van der Waals surface area contributed by atoms with Crippen LogP contribution in [0.1, 0.15) is 23.2 Å². The lowest BCUT2D eigenvalue weighted by Crippen LogP contribution is -2.41. The van der Waals surface area contributed by atoms with E-state index in [1.165, 1.54) is 0 Å². The second kappa shape index (κ2) is 4.96. The first-order valence-corrected chi connectivity index (χ1v) is 6.67. The van der Waals surface area contributed by atoms with Crippen molar-refractivity contribution in [3.8, 4) is 0 Å². The average Bonchev–Trinajstić information content (AvgIpc) is 2.95. The molecular weight excluding hydrogens is 256 g/mol. The van der Waals surface area contributed by atoms with Crippen LogP contribution in [0.5, 0.6) is 0 Å². The summed E-state index contributed by atoms with van der Waals surface area (Å²) in [6, 6.07) is 3.61. The summed E-state index contributed by atoms with van der Waals surface area (Å²) < 4.78 is 1.82. The molecule has 6 heteroatoms. The number of hydrogen-bond acceptors (Lipinski definition) is 3. The standard InChI is InChI=1S/C14H16N4O2/c15-12(19)10-3-7-18(8-4-10)14(20)11-2-1-6-17-9-5-16-13(11)17/h1-2,5-6,9-10H,3-4,7-8H2,(H2,15,19). The van der Waals surface area contributed by atoms with E-state index in [0.717, 1.165) is 0 Å². The van der Waals surface area contributed by atoms with Crippen molar-refractivity contribution in [2.24, 2.45) is 11.7 Å². The Kier molecular flexibility index (Phi) is 3.14. The number of amides is 2. The Morgan fingerprint density at radius 1 is 1.25 bits per heavy atom. The van der Waals surface area contributed by atoms with Crippen LogP contribution in [0.2, 0.25) is 0 Å². The van der Waals surface area contributed by atoms with E-state index >= 15 is 0 Å². The number of aromatic nitrogens is 2. The van der Waals surface area contributed by atoms with Gasteiger partial charge in [-0.15, -0.1) is 0 Å². The molecular formula is C14H16N4O2. The third-order valence-corrected chi connectivity index (χ3v) is 3.83. The zero-order valence-corrected chi connectivity index (χ0v) is 11.0. The van der Waals surface area contributed by atoms with Crippen LogP contribution in [0, 0.1) is 5.92 Å². The van der Waals surface area contributed by atoms with Crippen molar-refractivity contribution in [1.82, 2.24) is 14.3 Å². The van der Waals surface area contributed by atoms with Gasteiger partial charge in [0.05, 0.1) is 5.56 Å². The minimum absolute atomic E-state index is 0.0373. The third-order valence-electron chi connectivity index (χ3n) is 3.83. The van der Waals surface area contributed by atoms with Gasteiger partial charge < -0.3 is 15.0 Å². The minimum atomic E-state index is -0.271. The highest BCUT2D eigenvalue weighted by Gasteiger charge is 2.27. The lowest BCUT2D eigenvalue weighted by Gasteiger charge is -2.30. The number of pyridine rings is 1. The van der Waals surface area contributed by atoms with Gasteiger partial charge in [-0.1, -0.05) is 0 Å². The van der Waals surface area contributed by atoms with Crippen molar-refractivity contribution in [3.05, 3.63) is 36.3 Å². The molecule has 1 fully saturated rings. The summed E-state index contributed by atoms with van der Waals surface area (Å²) in [5.74, 6) is -0.418. The number of carbonyl (C=O) groups excluding carboxylic acids is 2. The monoisotopic (exact) mass is 272 g/mol. The van der Waals surface area contributed by atoms with E-state index in [0.29, 0.717) is 37.1 Å². The molecule has 6 nitrogen and oxygen atoms in total. The number of piperidine rings is 1. The summed E-state index contributed by atoms with van der Waals surface area (Å²) >= 11 is 0. The molecule has 0 radical (unpaired) electrons. The fourth-order valence-corrected chi connectivity index (χ4v) is 2.65. The summed E-state index contributed by atoms with van der Waals surface area (Å²) in [7, 11) is 0. The Balaban J connectivity index is 1.80. The molecule has 0 unspecified atom stereocenters. The molecule has 0 saturated carbocycles. The highest BCUT2D eigenvalue weighted by atomic mass is 16.2. The highest BCUT2D eigenvalue weighted by molar-refractivity contribution is 5.99. The van der Waals surface area contributed by atoms with Crippen LogP contribution >= 0.6 is 0 Å². The average molecular weight is 272 g/mol. The van der Waals surface area contributed by atoms with Gasteiger partial charge >= 0.3 is 0 Å². The van der Waals surface area contributed by atoms with Crippen LogP contribution in [0.3, 0.4) is 0 Å². The predicted octanol–water partition coefficient (Wildman–Crippen LogP) is 0.672. The van der Waals surface area contributed by atoms with E-state index in [1.54, 1.807) is 17.2 Å². The number of hydrogen-bond donors (Lipinski definition) is 1. The molecule has 3 rings (SSSR count). The van der Waals surface area contributed by atoms with Gasteiger partial charge in [-0.2, -0.15) is 0 Å². The molecule has 2 aromatic heterocycles. The summed E-state index contributed by atoms with van der Waals surface area (Å²) in [6.45, 7) is 1.13. The fraction of sp³-hybridized carbons (Fsp3) is 0.357. The molecule has 104 valence electrons. The van der Waals surface area contributed by atoms with Gasteiger partial charge in [0.25, 0.3) is 5.91 Å². The molecule has 2 amide bonds. The fourth-order valence-electron chi connectivity index (χ4n) is 2.65. The zero-order chi connectivity index (χ0) is 14.1. The molecule has 0 aromatic carbocycles. The smallest absolute Gasteiger partial charge is 0.257 e. The van der Waals surface area contributed by atoms with Gasteiger partial charge in [-0.05, 0) is 25.0 Å². The molecule has 2 aromatic rings. The second-order valence-electron chi connectivity index (χ2n) is 5.05. The maximum atomic E-state index is 12.5. The number of nitrogens with two attached hydrogens (primary N) is 1. The number of carbonyl (C=O) groups is 2. The van der Waals surface area contributed by atoms with Gasteiger partial charge in [-0.3, -0.25) is 9.59 Å². The summed E-state index contributed by atoms with van der Waals surface area (Å²) in [6.07, 6.45) is 6.62. The lowest BCUT2D eigenvalue weighted by atomic mass is 9.96. The van der Waals surface area contributed by atoms with Gasteiger partial charge in [-0.25, -0.2) is 4.98 Å². The molecule has 0 bridgehead atoms. The number of fused-ring (bicyclic) bond motifs is 1. The van der Waals surface area contributed by atoms with E-state index in [1.807, 2.05) is 22.9 Å². The largest absolute Gasteiger partial charge is 0.369 e. The molecule has 0 spiro atoms. The Hall–Kier alpha value is -2.37. The van der Waals surface area contributed by atoms with Crippen molar-refractivity contribution in [2.45, 2.75) is 12.8 Å². The predicted molar refractivity (Wildman–Crippen MR) is 73.0 cm³/mol. The first kappa shape index (κ1) is 12.7. The molecule has 3 heterocycles. The number of likely N-dealkylation sites (tertiary alicyclic amines) is 1. The van der Waals surface area contributed by atoms with Gasteiger partial charge in [0, 0.05) is 37.6 Å².